The molecule has 70 valence electrons. The highest BCUT2D eigenvalue weighted by Gasteiger charge is 2.00. The molecule has 0 aromatic heterocycles. The van der Waals surface area contributed by atoms with Crippen molar-refractivity contribution in [2.45, 2.75) is 13.8 Å². The van der Waals surface area contributed by atoms with Gasteiger partial charge in [-0.1, -0.05) is 28.1 Å². The van der Waals surface area contributed by atoms with E-state index in [4.69, 9.17) is 5.73 Å². The minimum Gasteiger partial charge on any atom is -0.384 e. The molecule has 3 heteroatoms. The molecule has 0 aliphatic carbocycles. The van der Waals surface area contributed by atoms with E-state index in [1.165, 1.54) is 5.56 Å². The van der Waals surface area contributed by atoms with Gasteiger partial charge < -0.3 is 5.73 Å². The molecule has 1 aromatic carbocycles. The smallest absolute Gasteiger partial charge is 0.125 e. The molecule has 0 spiro atoms. The molecule has 13 heavy (non-hydrogen) atoms. The lowest BCUT2D eigenvalue weighted by molar-refractivity contribution is 1.12. The van der Waals surface area contributed by atoms with Gasteiger partial charge in [-0.15, -0.1) is 0 Å². The van der Waals surface area contributed by atoms with Gasteiger partial charge in [0.2, 0.25) is 0 Å². The fraction of sp³-hybridized carbons (Fsp3) is 0.300. The summed E-state index contributed by atoms with van der Waals surface area (Å²) < 4.78 is 1.07. The second-order valence-electron chi connectivity index (χ2n) is 2.82. The van der Waals surface area contributed by atoms with E-state index < -0.39 is 0 Å². The van der Waals surface area contributed by atoms with Gasteiger partial charge in [-0.3, -0.25) is 4.99 Å². The minimum absolute atomic E-state index is 0.600. The Labute approximate surface area is 87.0 Å². The summed E-state index contributed by atoms with van der Waals surface area (Å²) >= 11 is 3.45. The van der Waals surface area contributed by atoms with Crippen LogP contribution in [-0.4, -0.2) is 12.4 Å². The first-order valence-corrected chi connectivity index (χ1v) is 5.01. The van der Waals surface area contributed by atoms with Gasteiger partial charge in [0.05, 0.1) is 0 Å². The van der Waals surface area contributed by atoms with Crippen molar-refractivity contribution in [1.82, 2.24) is 0 Å². The number of hydrogen-bond acceptors (Lipinski definition) is 1. The van der Waals surface area contributed by atoms with Crippen LogP contribution in [0.25, 0.3) is 0 Å². The lowest BCUT2D eigenvalue weighted by Gasteiger charge is -2.03. The third-order valence-corrected chi connectivity index (χ3v) is 2.65. The maximum Gasteiger partial charge on any atom is 0.125 e. The van der Waals surface area contributed by atoms with Crippen LogP contribution in [0.1, 0.15) is 18.1 Å². The summed E-state index contributed by atoms with van der Waals surface area (Å²) in [4.78, 5) is 4.14. The first-order valence-electron chi connectivity index (χ1n) is 4.21. The summed E-state index contributed by atoms with van der Waals surface area (Å²) in [5, 5.41) is 0. The van der Waals surface area contributed by atoms with E-state index in [1.54, 1.807) is 0 Å². The number of aryl methyl sites for hydroxylation is 1. The fourth-order valence-electron chi connectivity index (χ4n) is 1.01. The van der Waals surface area contributed by atoms with Crippen LogP contribution in [0, 0.1) is 6.92 Å². The zero-order valence-electron chi connectivity index (χ0n) is 7.84. The van der Waals surface area contributed by atoms with Crippen LogP contribution >= 0.6 is 15.9 Å². The van der Waals surface area contributed by atoms with E-state index in [0.717, 1.165) is 16.6 Å². The molecule has 0 bridgehead atoms. The average Bonchev–Trinajstić information content (AvgIpc) is 2.10. The number of nitrogens with zero attached hydrogens (tertiary/aromatic N) is 1. The predicted octanol–water partition coefficient (Wildman–Crippen LogP) is 2.48. The van der Waals surface area contributed by atoms with E-state index in [9.17, 15) is 0 Å². The summed E-state index contributed by atoms with van der Waals surface area (Å²) in [5.74, 6) is 0.600. The average molecular weight is 241 g/mol. The van der Waals surface area contributed by atoms with Crippen molar-refractivity contribution in [1.29, 1.82) is 0 Å². The Kier molecular flexibility index (Phi) is 3.48. The van der Waals surface area contributed by atoms with Gasteiger partial charge in [-0.05, 0) is 25.5 Å². The van der Waals surface area contributed by atoms with Gasteiger partial charge in [0, 0.05) is 16.6 Å². The van der Waals surface area contributed by atoms with Crippen LogP contribution in [0.4, 0.5) is 0 Å². The highest BCUT2D eigenvalue weighted by Crippen LogP contribution is 2.17. The maximum absolute atomic E-state index is 5.75. The zero-order valence-corrected chi connectivity index (χ0v) is 9.43. The van der Waals surface area contributed by atoms with Crippen LogP contribution < -0.4 is 5.73 Å². The van der Waals surface area contributed by atoms with E-state index >= 15 is 0 Å². The zero-order chi connectivity index (χ0) is 9.84. The van der Waals surface area contributed by atoms with Crippen molar-refractivity contribution in [3.05, 3.63) is 33.8 Å². The van der Waals surface area contributed by atoms with Crippen molar-refractivity contribution in [2.75, 3.05) is 6.54 Å². The Balaban J connectivity index is 3.04. The SMILES string of the molecule is CCN=C(N)c1ccc(C)c(Br)c1. The molecule has 0 aliphatic rings. The molecule has 1 rings (SSSR count). The standard InChI is InChI=1S/C10H13BrN2/c1-3-13-10(12)8-5-4-7(2)9(11)6-8/h4-6H,3H2,1-2H3,(H2,12,13). The minimum atomic E-state index is 0.600. The molecule has 0 saturated heterocycles. The fourth-order valence-corrected chi connectivity index (χ4v) is 1.39. The van der Waals surface area contributed by atoms with Crippen LogP contribution in [0.5, 0.6) is 0 Å². The van der Waals surface area contributed by atoms with E-state index in [2.05, 4.69) is 20.9 Å². The number of amidine groups is 1. The Bertz CT molecular complexity index is 332. The summed E-state index contributed by atoms with van der Waals surface area (Å²) in [5.41, 5.74) is 7.93. The molecule has 0 atom stereocenters. The Hall–Kier alpha value is -0.830. The van der Waals surface area contributed by atoms with Gasteiger partial charge in [0.15, 0.2) is 0 Å². The van der Waals surface area contributed by atoms with E-state index in [-0.39, 0.29) is 0 Å². The first-order chi connectivity index (χ1) is 6.15. The Morgan fingerprint density at radius 1 is 1.54 bits per heavy atom. The quantitative estimate of drug-likeness (QED) is 0.627. The third kappa shape index (κ3) is 2.56. The van der Waals surface area contributed by atoms with Crippen molar-refractivity contribution >= 4 is 21.8 Å². The molecule has 2 nitrogen and oxygen atoms in total. The number of nitrogens with two attached hydrogens (primary N) is 1. The lowest BCUT2D eigenvalue weighted by Crippen LogP contribution is -2.13. The molecule has 2 N–H and O–H groups in total. The molecule has 0 amide bonds. The molecular formula is C10H13BrN2. The number of benzene rings is 1. The van der Waals surface area contributed by atoms with Gasteiger partial charge in [-0.2, -0.15) is 0 Å². The second-order valence-corrected chi connectivity index (χ2v) is 3.68. The monoisotopic (exact) mass is 240 g/mol. The van der Waals surface area contributed by atoms with Crippen molar-refractivity contribution in [2.24, 2.45) is 10.7 Å². The molecule has 0 fully saturated rings. The van der Waals surface area contributed by atoms with Crippen molar-refractivity contribution in [3.63, 3.8) is 0 Å². The van der Waals surface area contributed by atoms with E-state index in [0.29, 0.717) is 5.84 Å². The Morgan fingerprint density at radius 2 is 2.23 bits per heavy atom. The molecule has 1 aromatic rings. The largest absolute Gasteiger partial charge is 0.384 e. The summed E-state index contributed by atoms with van der Waals surface area (Å²) in [7, 11) is 0. The van der Waals surface area contributed by atoms with Crippen LogP contribution in [0.3, 0.4) is 0 Å². The van der Waals surface area contributed by atoms with Gasteiger partial charge in [0.1, 0.15) is 5.84 Å². The molecular weight excluding hydrogens is 228 g/mol. The summed E-state index contributed by atoms with van der Waals surface area (Å²) in [6, 6.07) is 6.00. The van der Waals surface area contributed by atoms with Crippen molar-refractivity contribution < 1.29 is 0 Å². The number of halogens is 1. The second kappa shape index (κ2) is 4.42. The predicted molar refractivity (Wildman–Crippen MR) is 60.1 cm³/mol. The number of rotatable bonds is 2. The maximum atomic E-state index is 5.75. The normalized spacial score (nSPS) is 11.8. The summed E-state index contributed by atoms with van der Waals surface area (Å²) in [6.07, 6.45) is 0. The van der Waals surface area contributed by atoms with Crippen LogP contribution in [0.2, 0.25) is 0 Å². The topological polar surface area (TPSA) is 38.4 Å². The molecule has 0 radical (unpaired) electrons. The molecule has 0 heterocycles. The molecule has 0 unspecified atom stereocenters. The third-order valence-electron chi connectivity index (χ3n) is 1.80. The molecule has 0 saturated carbocycles. The summed E-state index contributed by atoms with van der Waals surface area (Å²) in [6.45, 7) is 4.73. The van der Waals surface area contributed by atoms with Gasteiger partial charge >= 0.3 is 0 Å². The van der Waals surface area contributed by atoms with Crippen molar-refractivity contribution in [3.8, 4) is 0 Å². The van der Waals surface area contributed by atoms with Gasteiger partial charge in [0.25, 0.3) is 0 Å². The first kappa shape index (κ1) is 10.3. The van der Waals surface area contributed by atoms with Gasteiger partial charge in [-0.25, -0.2) is 0 Å². The van der Waals surface area contributed by atoms with E-state index in [1.807, 2.05) is 32.0 Å². The van der Waals surface area contributed by atoms with Crippen LogP contribution in [-0.2, 0) is 0 Å². The highest BCUT2D eigenvalue weighted by atomic mass is 79.9. The highest BCUT2D eigenvalue weighted by molar-refractivity contribution is 9.10. The number of aliphatic imine (C=N–C) groups is 1. The molecule has 0 aliphatic heterocycles. The number of hydrogen-bond donors (Lipinski definition) is 1. The lowest BCUT2D eigenvalue weighted by atomic mass is 10.1. The van der Waals surface area contributed by atoms with Crippen LogP contribution in [0.15, 0.2) is 27.7 Å². The Morgan fingerprint density at radius 3 is 2.77 bits per heavy atom.